The molecule has 6 heteroatoms. The number of methoxy groups -OCH3 is 2. The summed E-state index contributed by atoms with van der Waals surface area (Å²) < 4.78 is 10.7. The zero-order valence-corrected chi connectivity index (χ0v) is 14.4. The third-order valence-corrected chi connectivity index (χ3v) is 5.13. The van der Waals surface area contributed by atoms with Gasteiger partial charge in [-0.2, -0.15) is 0 Å². The molecule has 0 bridgehead atoms. The topological polar surface area (TPSA) is 38.8 Å². The Morgan fingerprint density at radius 1 is 1.13 bits per heavy atom. The first-order valence-corrected chi connectivity index (χ1v) is 8.48. The van der Waals surface area contributed by atoms with Crippen LogP contribution in [0.2, 0.25) is 5.02 Å². The van der Waals surface area contributed by atoms with Gasteiger partial charge in [0.25, 0.3) is 0 Å². The SMILES string of the molecule is COc1ccc(N2C(=O)CS[C@H]2c2ccc(Cl)cc2)c(OC)c1. The lowest BCUT2D eigenvalue weighted by atomic mass is 10.1. The van der Waals surface area contributed by atoms with Crippen molar-refractivity contribution in [2.45, 2.75) is 5.37 Å². The van der Waals surface area contributed by atoms with Crippen molar-refractivity contribution in [2.75, 3.05) is 24.9 Å². The standard InChI is InChI=1S/C17H16ClNO3S/c1-21-13-7-8-14(15(9-13)22-2)19-16(20)10-23-17(19)11-3-5-12(18)6-4-11/h3-9,17H,10H2,1-2H3/t17-/m0/s1. The van der Waals surface area contributed by atoms with E-state index in [4.69, 9.17) is 21.1 Å². The van der Waals surface area contributed by atoms with Crippen LogP contribution >= 0.6 is 23.4 Å². The van der Waals surface area contributed by atoms with E-state index in [1.165, 1.54) is 0 Å². The summed E-state index contributed by atoms with van der Waals surface area (Å²) in [5.41, 5.74) is 1.77. The molecule has 1 amide bonds. The molecule has 1 fully saturated rings. The molecule has 0 N–H and O–H groups in total. The van der Waals surface area contributed by atoms with Crippen LogP contribution in [0.4, 0.5) is 5.69 Å². The number of thioether (sulfide) groups is 1. The van der Waals surface area contributed by atoms with Crippen molar-refractivity contribution in [1.82, 2.24) is 0 Å². The van der Waals surface area contributed by atoms with Gasteiger partial charge in [-0.15, -0.1) is 11.8 Å². The van der Waals surface area contributed by atoms with Crippen LogP contribution in [-0.2, 0) is 4.79 Å². The first-order chi connectivity index (χ1) is 11.1. The Kier molecular flexibility index (Phi) is 4.68. The predicted octanol–water partition coefficient (Wildman–Crippen LogP) is 4.14. The molecule has 0 spiro atoms. The Morgan fingerprint density at radius 3 is 2.52 bits per heavy atom. The van der Waals surface area contributed by atoms with E-state index in [9.17, 15) is 4.79 Å². The number of carbonyl (C=O) groups excluding carboxylic acids is 1. The third kappa shape index (κ3) is 3.12. The largest absolute Gasteiger partial charge is 0.497 e. The molecule has 23 heavy (non-hydrogen) atoms. The summed E-state index contributed by atoms with van der Waals surface area (Å²) in [6.07, 6.45) is 0. The number of hydrogen-bond donors (Lipinski definition) is 0. The molecule has 120 valence electrons. The van der Waals surface area contributed by atoms with Gasteiger partial charge in [0.05, 0.1) is 25.7 Å². The third-order valence-electron chi connectivity index (χ3n) is 3.67. The quantitative estimate of drug-likeness (QED) is 0.831. The molecular formula is C17H16ClNO3S. The van der Waals surface area contributed by atoms with Gasteiger partial charge in [-0.1, -0.05) is 23.7 Å². The lowest BCUT2D eigenvalue weighted by Gasteiger charge is -2.26. The summed E-state index contributed by atoms with van der Waals surface area (Å²) in [6.45, 7) is 0. The van der Waals surface area contributed by atoms with Gasteiger partial charge in [0.1, 0.15) is 16.9 Å². The minimum absolute atomic E-state index is 0.0541. The lowest BCUT2D eigenvalue weighted by Crippen LogP contribution is -2.28. The highest BCUT2D eigenvalue weighted by molar-refractivity contribution is 8.00. The minimum atomic E-state index is -0.0953. The van der Waals surface area contributed by atoms with Crippen LogP contribution in [0, 0.1) is 0 Å². The number of anilines is 1. The molecular weight excluding hydrogens is 334 g/mol. The van der Waals surface area contributed by atoms with Crippen LogP contribution in [-0.4, -0.2) is 25.9 Å². The maximum absolute atomic E-state index is 12.4. The van der Waals surface area contributed by atoms with E-state index in [0.29, 0.717) is 22.3 Å². The smallest absolute Gasteiger partial charge is 0.238 e. The van der Waals surface area contributed by atoms with Gasteiger partial charge in [-0.3, -0.25) is 9.69 Å². The van der Waals surface area contributed by atoms with Gasteiger partial charge in [-0.05, 0) is 29.8 Å². The molecule has 1 aliphatic rings. The van der Waals surface area contributed by atoms with E-state index >= 15 is 0 Å². The Morgan fingerprint density at radius 2 is 1.87 bits per heavy atom. The summed E-state index contributed by atoms with van der Waals surface area (Å²) >= 11 is 7.55. The van der Waals surface area contributed by atoms with Gasteiger partial charge in [0.15, 0.2) is 0 Å². The fourth-order valence-corrected chi connectivity index (χ4v) is 3.84. The maximum Gasteiger partial charge on any atom is 0.238 e. The Hall–Kier alpha value is -1.85. The van der Waals surface area contributed by atoms with Gasteiger partial charge in [-0.25, -0.2) is 0 Å². The number of benzene rings is 2. The normalized spacial score (nSPS) is 17.4. The molecule has 0 aromatic heterocycles. The van der Waals surface area contributed by atoms with Crippen molar-refractivity contribution in [1.29, 1.82) is 0 Å². The van der Waals surface area contributed by atoms with Crippen molar-refractivity contribution < 1.29 is 14.3 Å². The number of halogens is 1. The van der Waals surface area contributed by atoms with Crippen molar-refractivity contribution in [3.05, 3.63) is 53.1 Å². The second-order valence-corrected chi connectivity index (χ2v) is 6.52. The molecule has 1 heterocycles. The van der Waals surface area contributed by atoms with Gasteiger partial charge < -0.3 is 9.47 Å². The first-order valence-electron chi connectivity index (χ1n) is 7.05. The molecule has 3 rings (SSSR count). The summed E-state index contributed by atoms with van der Waals surface area (Å²) in [6, 6.07) is 13.0. The van der Waals surface area contributed by atoms with E-state index in [1.807, 2.05) is 36.4 Å². The number of carbonyl (C=O) groups is 1. The van der Waals surface area contributed by atoms with Crippen LogP contribution in [0.1, 0.15) is 10.9 Å². The van der Waals surface area contributed by atoms with Crippen molar-refractivity contribution in [3.8, 4) is 11.5 Å². The molecule has 2 aromatic carbocycles. The number of amides is 1. The molecule has 0 radical (unpaired) electrons. The van der Waals surface area contributed by atoms with Crippen LogP contribution in [0.3, 0.4) is 0 Å². The number of rotatable bonds is 4. The molecule has 0 aliphatic carbocycles. The zero-order chi connectivity index (χ0) is 16.4. The number of ether oxygens (including phenoxy) is 2. The fourth-order valence-electron chi connectivity index (χ4n) is 2.54. The summed E-state index contributed by atoms with van der Waals surface area (Å²) in [5, 5.41) is 0.582. The highest BCUT2D eigenvalue weighted by Crippen LogP contribution is 2.45. The van der Waals surface area contributed by atoms with E-state index in [1.54, 1.807) is 36.9 Å². The minimum Gasteiger partial charge on any atom is -0.497 e. The Balaban J connectivity index is 2.01. The second-order valence-electron chi connectivity index (χ2n) is 5.02. The Bertz CT molecular complexity index is 720. The highest BCUT2D eigenvalue weighted by Gasteiger charge is 2.35. The van der Waals surface area contributed by atoms with Gasteiger partial charge >= 0.3 is 0 Å². The fraction of sp³-hybridized carbons (Fsp3) is 0.235. The van der Waals surface area contributed by atoms with Crippen LogP contribution < -0.4 is 14.4 Å². The molecule has 1 atom stereocenters. The molecule has 0 unspecified atom stereocenters. The molecule has 1 aliphatic heterocycles. The van der Waals surface area contributed by atoms with Crippen LogP contribution in [0.15, 0.2) is 42.5 Å². The molecule has 1 saturated heterocycles. The van der Waals surface area contributed by atoms with Gasteiger partial charge in [0, 0.05) is 11.1 Å². The lowest BCUT2D eigenvalue weighted by molar-refractivity contribution is -0.115. The van der Waals surface area contributed by atoms with Crippen LogP contribution in [0.5, 0.6) is 11.5 Å². The van der Waals surface area contributed by atoms with Gasteiger partial charge in [0.2, 0.25) is 5.91 Å². The van der Waals surface area contributed by atoms with Crippen molar-refractivity contribution >= 4 is 35.0 Å². The maximum atomic E-state index is 12.4. The van der Waals surface area contributed by atoms with E-state index in [-0.39, 0.29) is 11.3 Å². The average Bonchev–Trinajstić information content (AvgIpc) is 2.96. The highest BCUT2D eigenvalue weighted by atomic mass is 35.5. The molecule has 2 aromatic rings. The van der Waals surface area contributed by atoms with E-state index in [0.717, 1.165) is 11.3 Å². The van der Waals surface area contributed by atoms with Crippen molar-refractivity contribution in [2.24, 2.45) is 0 Å². The summed E-state index contributed by atoms with van der Waals surface area (Å²) in [5.74, 6) is 1.79. The average molecular weight is 350 g/mol. The van der Waals surface area contributed by atoms with E-state index in [2.05, 4.69) is 0 Å². The summed E-state index contributed by atoms with van der Waals surface area (Å²) in [7, 11) is 3.19. The monoisotopic (exact) mass is 349 g/mol. The number of hydrogen-bond acceptors (Lipinski definition) is 4. The first kappa shape index (κ1) is 16.0. The number of nitrogens with zero attached hydrogens (tertiary/aromatic N) is 1. The molecule has 4 nitrogen and oxygen atoms in total. The Labute approximate surface area is 144 Å². The summed E-state index contributed by atoms with van der Waals surface area (Å²) in [4.78, 5) is 14.2. The predicted molar refractivity (Wildman–Crippen MR) is 93.7 cm³/mol. The van der Waals surface area contributed by atoms with Crippen molar-refractivity contribution in [3.63, 3.8) is 0 Å². The molecule has 0 saturated carbocycles. The zero-order valence-electron chi connectivity index (χ0n) is 12.8. The van der Waals surface area contributed by atoms with E-state index < -0.39 is 0 Å². The van der Waals surface area contributed by atoms with Crippen LogP contribution in [0.25, 0.3) is 0 Å². The second kappa shape index (κ2) is 6.72.